The van der Waals surface area contributed by atoms with Crippen LogP contribution in [-0.2, 0) is 26.2 Å². The van der Waals surface area contributed by atoms with Crippen molar-refractivity contribution in [2.24, 2.45) is 0 Å². The summed E-state index contributed by atoms with van der Waals surface area (Å²) in [4.78, 5) is 0. The first-order chi connectivity index (χ1) is 7.09. The fraction of sp³-hybridized carbons (Fsp3) is 0.467. The van der Waals surface area contributed by atoms with E-state index in [1.807, 2.05) is 0 Å². The molecule has 0 fully saturated rings. The average Bonchev–Trinajstić information content (AvgIpc) is 2.68. The van der Waals surface area contributed by atoms with Gasteiger partial charge in [0.15, 0.2) is 0 Å². The molecular formula is C15H18Cl2Zr. The zero-order valence-electron chi connectivity index (χ0n) is 11.4. The smallest absolute Gasteiger partial charge is 1.00 e. The van der Waals surface area contributed by atoms with E-state index in [9.17, 15) is 0 Å². The third-order valence-corrected chi connectivity index (χ3v) is 3.75. The van der Waals surface area contributed by atoms with Crippen molar-refractivity contribution in [3.8, 4) is 0 Å². The van der Waals surface area contributed by atoms with Crippen LogP contribution in [0.25, 0.3) is 0 Å². The molecule has 0 bridgehead atoms. The molecule has 0 unspecified atom stereocenters. The summed E-state index contributed by atoms with van der Waals surface area (Å²) in [6.07, 6.45) is 10.0. The van der Waals surface area contributed by atoms with Crippen LogP contribution in [0, 0.1) is 12.2 Å². The van der Waals surface area contributed by atoms with Crippen molar-refractivity contribution in [1.29, 1.82) is 0 Å². The van der Waals surface area contributed by atoms with E-state index in [1.54, 1.807) is 11.1 Å². The number of hydrogen-bond donors (Lipinski definition) is 0. The van der Waals surface area contributed by atoms with Crippen molar-refractivity contribution in [1.82, 2.24) is 0 Å². The first kappa shape index (κ1) is 20.7. The van der Waals surface area contributed by atoms with E-state index in [4.69, 9.17) is 0 Å². The zero-order valence-corrected chi connectivity index (χ0v) is 15.3. The fourth-order valence-corrected chi connectivity index (χ4v) is 2.19. The minimum absolute atomic E-state index is 0. The molecule has 2 aliphatic rings. The Morgan fingerprint density at radius 1 is 0.778 bits per heavy atom. The van der Waals surface area contributed by atoms with Crippen molar-refractivity contribution in [2.75, 3.05) is 0 Å². The molecule has 0 spiro atoms. The van der Waals surface area contributed by atoms with E-state index >= 15 is 0 Å². The predicted octanol–water partition coefficient (Wildman–Crippen LogP) is -1.68. The van der Waals surface area contributed by atoms with Crippen LogP contribution in [0.15, 0.2) is 33.4 Å². The summed E-state index contributed by atoms with van der Waals surface area (Å²) in [5.74, 6) is 0. The molecule has 0 saturated carbocycles. The molecule has 0 radical (unpaired) electrons. The second-order valence-electron chi connectivity index (χ2n) is 4.59. The molecule has 0 amide bonds. The Balaban J connectivity index is 0. The van der Waals surface area contributed by atoms with Crippen LogP contribution >= 0.6 is 0 Å². The standard InChI is InChI=1S/C15H18.2ClH.Zr/c1-10-5-7-14(12(10)3)9-15-8-6-11(2)13(15)4;;;/h7-9H2,1-4H3;2*1H;/q-2;;;+4/p-2. The summed E-state index contributed by atoms with van der Waals surface area (Å²) >= 11 is 0. The molecule has 0 heterocycles. The molecular weight excluding hydrogens is 342 g/mol. The molecule has 0 aromatic rings. The van der Waals surface area contributed by atoms with E-state index in [2.05, 4.69) is 39.8 Å². The van der Waals surface area contributed by atoms with Gasteiger partial charge in [-0.3, -0.25) is 12.2 Å². The van der Waals surface area contributed by atoms with Gasteiger partial charge >= 0.3 is 26.2 Å². The van der Waals surface area contributed by atoms with Crippen molar-refractivity contribution in [2.45, 2.75) is 47.0 Å². The van der Waals surface area contributed by atoms with Crippen LogP contribution in [0.5, 0.6) is 0 Å². The minimum Gasteiger partial charge on any atom is -1.00 e. The third-order valence-electron chi connectivity index (χ3n) is 3.75. The van der Waals surface area contributed by atoms with Gasteiger partial charge in [-0.1, -0.05) is 13.8 Å². The van der Waals surface area contributed by atoms with E-state index < -0.39 is 0 Å². The topological polar surface area (TPSA) is 0 Å². The van der Waals surface area contributed by atoms with Gasteiger partial charge in [-0.25, -0.2) is 11.1 Å². The van der Waals surface area contributed by atoms with E-state index in [-0.39, 0.29) is 51.0 Å². The van der Waals surface area contributed by atoms with Gasteiger partial charge in [0.05, 0.1) is 0 Å². The van der Waals surface area contributed by atoms with Crippen LogP contribution in [0.3, 0.4) is 0 Å². The summed E-state index contributed by atoms with van der Waals surface area (Å²) in [6, 6.07) is 0. The summed E-state index contributed by atoms with van der Waals surface area (Å²) in [5.41, 5.74) is 8.71. The van der Waals surface area contributed by atoms with Gasteiger partial charge in [-0.15, -0.1) is 26.7 Å². The molecule has 18 heavy (non-hydrogen) atoms. The van der Waals surface area contributed by atoms with Crippen LogP contribution < -0.4 is 24.8 Å². The molecule has 0 N–H and O–H groups in total. The van der Waals surface area contributed by atoms with Crippen LogP contribution in [-0.4, -0.2) is 0 Å². The Morgan fingerprint density at radius 3 is 1.33 bits per heavy atom. The van der Waals surface area contributed by atoms with Crippen molar-refractivity contribution >= 4 is 0 Å². The predicted molar refractivity (Wildman–Crippen MR) is 64.1 cm³/mol. The Morgan fingerprint density at radius 2 is 1.11 bits per heavy atom. The number of allylic oxidation sites excluding steroid dienone is 8. The molecule has 96 valence electrons. The van der Waals surface area contributed by atoms with E-state index in [1.165, 1.54) is 22.3 Å². The fourth-order valence-electron chi connectivity index (χ4n) is 2.19. The van der Waals surface area contributed by atoms with Gasteiger partial charge < -0.3 is 24.8 Å². The van der Waals surface area contributed by atoms with E-state index in [0.29, 0.717) is 0 Å². The maximum absolute atomic E-state index is 3.41. The quantitative estimate of drug-likeness (QED) is 0.516. The Bertz CT molecular complexity index is 386. The maximum Gasteiger partial charge on any atom is 4.00 e. The van der Waals surface area contributed by atoms with Crippen molar-refractivity contribution < 1.29 is 51.0 Å². The van der Waals surface area contributed by atoms with Crippen molar-refractivity contribution in [3.05, 3.63) is 45.6 Å². The maximum atomic E-state index is 3.41. The minimum atomic E-state index is 0. The summed E-state index contributed by atoms with van der Waals surface area (Å²) < 4.78 is 0. The van der Waals surface area contributed by atoms with Gasteiger partial charge in [0.2, 0.25) is 0 Å². The molecule has 0 atom stereocenters. The molecule has 3 heteroatoms. The van der Waals surface area contributed by atoms with Gasteiger partial charge in [-0.05, 0) is 6.42 Å². The monoisotopic (exact) mass is 358 g/mol. The zero-order chi connectivity index (χ0) is 11.0. The Labute approximate surface area is 143 Å². The summed E-state index contributed by atoms with van der Waals surface area (Å²) in [6.45, 7) is 8.76. The SMILES string of the molecule is CC1=[C-]CC(CC2=C(C)C(C)=[C-]C2)=C1C.[Cl-].[Cl-].[Zr+4]. The number of halogens is 2. The van der Waals surface area contributed by atoms with Gasteiger partial charge in [0.1, 0.15) is 0 Å². The Kier molecular flexibility index (Phi) is 9.87. The van der Waals surface area contributed by atoms with Crippen LogP contribution in [0.4, 0.5) is 0 Å². The molecule has 2 aliphatic carbocycles. The third kappa shape index (κ3) is 4.22. The second-order valence-corrected chi connectivity index (χ2v) is 4.59. The van der Waals surface area contributed by atoms with Gasteiger partial charge in [-0.2, -0.15) is 22.3 Å². The normalized spacial score (nSPS) is 17.8. The molecule has 0 aromatic heterocycles. The second kappa shape index (κ2) is 8.57. The van der Waals surface area contributed by atoms with Crippen LogP contribution in [0.1, 0.15) is 47.0 Å². The first-order valence-corrected chi connectivity index (χ1v) is 5.62. The molecule has 2 rings (SSSR count). The Hall–Kier alpha value is 0.423. The molecule has 0 aromatic carbocycles. The summed E-state index contributed by atoms with van der Waals surface area (Å²) in [5, 5.41) is 0. The van der Waals surface area contributed by atoms with Gasteiger partial charge in [0.25, 0.3) is 0 Å². The van der Waals surface area contributed by atoms with Gasteiger partial charge in [0, 0.05) is 0 Å². The molecule has 0 nitrogen and oxygen atoms in total. The van der Waals surface area contributed by atoms with Crippen molar-refractivity contribution in [3.63, 3.8) is 0 Å². The molecule has 0 saturated heterocycles. The number of rotatable bonds is 2. The van der Waals surface area contributed by atoms with E-state index in [0.717, 1.165) is 19.3 Å². The molecule has 0 aliphatic heterocycles. The first-order valence-electron chi connectivity index (χ1n) is 5.62. The summed E-state index contributed by atoms with van der Waals surface area (Å²) in [7, 11) is 0. The largest absolute Gasteiger partial charge is 4.00 e. The van der Waals surface area contributed by atoms with Crippen LogP contribution in [0.2, 0.25) is 0 Å². The number of hydrogen-bond acceptors (Lipinski definition) is 0. The average molecular weight is 360 g/mol.